The highest BCUT2D eigenvalue weighted by molar-refractivity contribution is 5.83. The third-order valence-corrected chi connectivity index (χ3v) is 5.06. The number of nitrogens with one attached hydrogen (secondary N) is 1. The number of ether oxygens (including phenoxy) is 1. The molecule has 1 spiro atoms. The molecule has 0 radical (unpaired) electrons. The van der Waals surface area contributed by atoms with E-state index in [2.05, 4.69) is 10.2 Å². The molecule has 1 aromatic carbocycles. The molecular weight excluding hydrogens is 283 g/mol. The Balaban J connectivity index is 1.63. The maximum atomic E-state index is 13.9. The summed E-state index contributed by atoms with van der Waals surface area (Å²) in [5, 5.41) is 3.00. The largest absolute Gasteiger partial charge is 0.497 e. The van der Waals surface area contributed by atoms with Crippen molar-refractivity contribution in [2.75, 3.05) is 26.7 Å². The van der Waals surface area contributed by atoms with Gasteiger partial charge in [-0.05, 0) is 57.0 Å². The number of piperidine rings is 2. The number of carbonyl (C=O) groups excluding carboxylic acids is 1. The first-order chi connectivity index (χ1) is 10.6. The van der Waals surface area contributed by atoms with Gasteiger partial charge in [-0.3, -0.25) is 9.69 Å². The quantitative estimate of drug-likeness (QED) is 0.932. The SMILES string of the molecule is COc1ccc(F)c(CN2CCC3(CCCNC3=O)CC2)c1. The molecule has 2 fully saturated rings. The van der Waals surface area contributed by atoms with Crippen LogP contribution in [0.1, 0.15) is 31.2 Å². The Morgan fingerprint density at radius 3 is 2.77 bits per heavy atom. The van der Waals surface area contributed by atoms with Gasteiger partial charge in [0, 0.05) is 18.7 Å². The third-order valence-electron chi connectivity index (χ3n) is 5.06. The molecule has 5 heteroatoms. The number of rotatable bonds is 3. The van der Waals surface area contributed by atoms with Crippen molar-refractivity contribution in [3.63, 3.8) is 0 Å². The minimum Gasteiger partial charge on any atom is -0.497 e. The predicted molar refractivity (Wildman–Crippen MR) is 82.1 cm³/mol. The summed E-state index contributed by atoms with van der Waals surface area (Å²) in [6, 6.07) is 4.84. The summed E-state index contributed by atoms with van der Waals surface area (Å²) in [6.07, 6.45) is 3.78. The molecule has 2 heterocycles. The lowest BCUT2D eigenvalue weighted by Gasteiger charge is -2.42. The fourth-order valence-electron chi connectivity index (χ4n) is 3.59. The Labute approximate surface area is 130 Å². The van der Waals surface area contributed by atoms with Gasteiger partial charge in [0.2, 0.25) is 5.91 Å². The number of amides is 1. The van der Waals surface area contributed by atoms with Gasteiger partial charge in [0.1, 0.15) is 11.6 Å². The van der Waals surface area contributed by atoms with E-state index in [-0.39, 0.29) is 17.1 Å². The minimum atomic E-state index is -0.198. The fraction of sp³-hybridized carbons (Fsp3) is 0.588. The first kappa shape index (κ1) is 15.3. The minimum absolute atomic E-state index is 0.179. The molecule has 3 rings (SSSR count). The molecule has 0 aliphatic carbocycles. The Hall–Kier alpha value is -1.62. The first-order valence-electron chi connectivity index (χ1n) is 7.96. The van der Waals surface area contributed by atoms with E-state index >= 15 is 0 Å². The number of likely N-dealkylation sites (tertiary alicyclic amines) is 1. The van der Waals surface area contributed by atoms with Crippen LogP contribution in [0.25, 0.3) is 0 Å². The highest BCUT2D eigenvalue weighted by Gasteiger charge is 2.42. The molecule has 120 valence electrons. The van der Waals surface area contributed by atoms with E-state index < -0.39 is 0 Å². The van der Waals surface area contributed by atoms with Crippen LogP contribution in [-0.2, 0) is 11.3 Å². The summed E-state index contributed by atoms with van der Waals surface area (Å²) in [4.78, 5) is 14.4. The van der Waals surface area contributed by atoms with Gasteiger partial charge in [0.05, 0.1) is 12.5 Å². The maximum Gasteiger partial charge on any atom is 0.226 e. The standard InChI is InChI=1S/C17H23FN2O2/c1-22-14-3-4-15(18)13(11-14)12-20-9-6-17(7-10-20)5-2-8-19-16(17)21/h3-4,11H,2,5-10,12H2,1H3,(H,19,21). The van der Waals surface area contributed by atoms with E-state index in [9.17, 15) is 9.18 Å². The highest BCUT2D eigenvalue weighted by Crippen LogP contribution is 2.38. The lowest BCUT2D eigenvalue weighted by Crippen LogP contribution is -2.51. The van der Waals surface area contributed by atoms with Crippen LogP contribution in [0, 0.1) is 11.2 Å². The van der Waals surface area contributed by atoms with E-state index in [1.54, 1.807) is 19.2 Å². The van der Waals surface area contributed by atoms with E-state index in [4.69, 9.17) is 4.74 Å². The summed E-state index contributed by atoms with van der Waals surface area (Å²) >= 11 is 0. The normalized spacial score (nSPS) is 21.6. The lowest BCUT2D eigenvalue weighted by molar-refractivity contribution is -0.136. The number of benzene rings is 1. The molecule has 0 unspecified atom stereocenters. The van der Waals surface area contributed by atoms with Crippen molar-refractivity contribution in [3.05, 3.63) is 29.6 Å². The summed E-state index contributed by atoms with van der Waals surface area (Å²) in [6.45, 7) is 3.05. The van der Waals surface area contributed by atoms with Crippen molar-refractivity contribution in [1.82, 2.24) is 10.2 Å². The number of nitrogens with zero attached hydrogens (tertiary/aromatic N) is 1. The third kappa shape index (κ3) is 2.95. The van der Waals surface area contributed by atoms with Crippen molar-refractivity contribution in [1.29, 1.82) is 0 Å². The van der Waals surface area contributed by atoms with Gasteiger partial charge in [0.25, 0.3) is 0 Å². The van der Waals surface area contributed by atoms with Crippen LogP contribution in [0.5, 0.6) is 5.75 Å². The lowest BCUT2D eigenvalue weighted by atomic mass is 9.72. The topological polar surface area (TPSA) is 41.6 Å². The molecule has 4 nitrogen and oxygen atoms in total. The first-order valence-corrected chi connectivity index (χ1v) is 7.96. The zero-order valence-corrected chi connectivity index (χ0v) is 13.0. The smallest absolute Gasteiger partial charge is 0.226 e. The van der Waals surface area contributed by atoms with Crippen molar-refractivity contribution in [3.8, 4) is 5.75 Å². The Morgan fingerprint density at radius 2 is 2.09 bits per heavy atom. The molecule has 2 aliphatic heterocycles. The van der Waals surface area contributed by atoms with Crippen LogP contribution in [0.15, 0.2) is 18.2 Å². The molecule has 0 saturated carbocycles. The second-order valence-corrected chi connectivity index (χ2v) is 6.37. The zero-order chi connectivity index (χ0) is 15.6. The second-order valence-electron chi connectivity index (χ2n) is 6.37. The van der Waals surface area contributed by atoms with Crippen molar-refractivity contribution >= 4 is 5.91 Å². The fourth-order valence-corrected chi connectivity index (χ4v) is 3.59. The van der Waals surface area contributed by atoms with Gasteiger partial charge in [-0.25, -0.2) is 4.39 Å². The number of halogens is 1. The molecule has 0 aromatic heterocycles. The van der Waals surface area contributed by atoms with Gasteiger partial charge >= 0.3 is 0 Å². The Kier molecular flexibility index (Phi) is 4.34. The van der Waals surface area contributed by atoms with Crippen LogP contribution in [0.2, 0.25) is 0 Å². The maximum absolute atomic E-state index is 13.9. The molecule has 22 heavy (non-hydrogen) atoms. The number of methoxy groups -OCH3 is 1. The summed E-state index contributed by atoms with van der Waals surface area (Å²) in [5.74, 6) is 0.694. The van der Waals surface area contributed by atoms with Gasteiger partial charge in [-0.15, -0.1) is 0 Å². The molecule has 0 bridgehead atoms. The second kappa shape index (κ2) is 6.24. The molecular formula is C17H23FN2O2. The van der Waals surface area contributed by atoms with E-state index in [1.165, 1.54) is 6.07 Å². The molecule has 1 aromatic rings. The van der Waals surface area contributed by atoms with Gasteiger partial charge in [-0.1, -0.05) is 0 Å². The summed E-state index contributed by atoms with van der Waals surface area (Å²) in [7, 11) is 1.59. The highest BCUT2D eigenvalue weighted by atomic mass is 19.1. The van der Waals surface area contributed by atoms with E-state index in [0.717, 1.165) is 45.3 Å². The van der Waals surface area contributed by atoms with Gasteiger partial charge in [-0.2, -0.15) is 0 Å². The molecule has 1 N–H and O–H groups in total. The molecule has 1 amide bonds. The molecule has 2 saturated heterocycles. The summed E-state index contributed by atoms with van der Waals surface area (Å²) < 4.78 is 19.1. The molecule has 0 atom stereocenters. The Bertz CT molecular complexity index is 554. The van der Waals surface area contributed by atoms with Crippen molar-refractivity contribution in [2.24, 2.45) is 5.41 Å². The van der Waals surface area contributed by atoms with Crippen LogP contribution in [0.3, 0.4) is 0 Å². The number of hydrogen-bond donors (Lipinski definition) is 1. The van der Waals surface area contributed by atoms with Crippen LogP contribution in [-0.4, -0.2) is 37.6 Å². The monoisotopic (exact) mass is 306 g/mol. The predicted octanol–water partition coefficient (Wildman–Crippen LogP) is 2.33. The number of carbonyl (C=O) groups is 1. The van der Waals surface area contributed by atoms with Crippen LogP contribution < -0.4 is 10.1 Å². The van der Waals surface area contributed by atoms with Crippen molar-refractivity contribution < 1.29 is 13.9 Å². The van der Waals surface area contributed by atoms with Crippen LogP contribution in [0.4, 0.5) is 4.39 Å². The average molecular weight is 306 g/mol. The summed E-state index contributed by atoms with van der Waals surface area (Å²) in [5.41, 5.74) is 0.477. The van der Waals surface area contributed by atoms with Gasteiger partial charge in [0.15, 0.2) is 0 Å². The zero-order valence-electron chi connectivity index (χ0n) is 13.0. The Morgan fingerprint density at radius 1 is 1.32 bits per heavy atom. The van der Waals surface area contributed by atoms with Crippen LogP contribution >= 0.6 is 0 Å². The van der Waals surface area contributed by atoms with Gasteiger partial charge < -0.3 is 10.1 Å². The van der Waals surface area contributed by atoms with E-state index in [1.807, 2.05) is 0 Å². The van der Waals surface area contributed by atoms with Crippen molar-refractivity contribution in [2.45, 2.75) is 32.2 Å². The average Bonchev–Trinajstić information content (AvgIpc) is 2.54. The van der Waals surface area contributed by atoms with E-state index in [0.29, 0.717) is 17.9 Å². The number of hydrogen-bond acceptors (Lipinski definition) is 3. The molecule has 2 aliphatic rings.